The van der Waals surface area contributed by atoms with Gasteiger partial charge in [0.15, 0.2) is 11.5 Å². The summed E-state index contributed by atoms with van der Waals surface area (Å²) in [6, 6.07) is 7.58. The summed E-state index contributed by atoms with van der Waals surface area (Å²) in [6.45, 7) is 4.12. The molecule has 0 aliphatic carbocycles. The fraction of sp³-hybridized carbons (Fsp3) is 0.500. The number of hydrogen-bond donors (Lipinski definition) is 3. The first-order chi connectivity index (χ1) is 12.0. The van der Waals surface area contributed by atoms with Crippen molar-refractivity contribution < 1.29 is 38.7 Å². The van der Waals surface area contributed by atoms with Gasteiger partial charge < -0.3 is 34.5 Å². The van der Waals surface area contributed by atoms with E-state index in [0.717, 1.165) is 31.2 Å². The van der Waals surface area contributed by atoms with Crippen LogP contribution in [0.2, 0.25) is 0 Å². The number of rotatable bonds is 11. The van der Waals surface area contributed by atoms with Gasteiger partial charge >= 0.3 is 11.9 Å². The third-order valence-electron chi connectivity index (χ3n) is 2.64. The summed E-state index contributed by atoms with van der Waals surface area (Å²) in [6.07, 6.45) is 0. The Bertz CT molecular complexity index is 483. The Morgan fingerprint density at radius 2 is 1.52 bits per heavy atom. The zero-order valence-electron chi connectivity index (χ0n) is 14.4. The molecule has 142 valence electrons. The first kappa shape index (κ1) is 22.6. The maximum Gasteiger partial charge on any atom is 0.414 e. The first-order valence-electron chi connectivity index (χ1n) is 7.52. The number of benzene rings is 1. The van der Waals surface area contributed by atoms with Crippen molar-refractivity contribution in [3.8, 4) is 11.5 Å². The largest absolute Gasteiger partial charge is 0.493 e. The van der Waals surface area contributed by atoms with E-state index in [2.05, 4.69) is 5.32 Å². The molecule has 0 fully saturated rings. The van der Waals surface area contributed by atoms with E-state index < -0.39 is 11.9 Å². The lowest BCUT2D eigenvalue weighted by Crippen LogP contribution is -2.24. The van der Waals surface area contributed by atoms with Crippen molar-refractivity contribution in [3.63, 3.8) is 0 Å². The van der Waals surface area contributed by atoms with E-state index in [4.69, 9.17) is 38.7 Å². The highest BCUT2D eigenvalue weighted by Crippen LogP contribution is 2.25. The van der Waals surface area contributed by atoms with E-state index >= 15 is 0 Å². The molecular formula is C16H25NO8. The van der Waals surface area contributed by atoms with Crippen LogP contribution in [0.15, 0.2) is 24.3 Å². The molecule has 0 saturated carbocycles. The Balaban J connectivity index is 0.000000823. The molecule has 9 nitrogen and oxygen atoms in total. The molecule has 3 N–H and O–H groups in total. The third kappa shape index (κ3) is 12.7. The number of carboxylic acid groups (broad SMARTS) is 2. The average molecular weight is 359 g/mol. The molecule has 0 aliphatic rings. The van der Waals surface area contributed by atoms with E-state index in [-0.39, 0.29) is 0 Å². The molecule has 0 saturated heterocycles. The quantitative estimate of drug-likeness (QED) is 0.382. The number of aliphatic carboxylic acids is 2. The van der Waals surface area contributed by atoms with Crippen LogP contribution >= 0.6 is 0 Å². The monoisotopic (exact) mass is 359 g/mol. The number of carboxylic acids is 2. The fourth-order valence-corrected chi connectivity index (χ4v) is 1.49. The molecule has 1 aromatic carbocycles. The molecule has 1 rings (SSSR count). The van der Waals surface area contributed by atoms with Crippen molar-refractivity contribution >= 4 is 11.9 Å². The second kappa shape index (κ2) is 15.2. The normalized spacial score (nSPS) is 9.68. The Hall–Kier alpha value is -2.36. The van der Waals surface area contributed by atoms with Gasteiger partial charge in [-0.25, -0.2) is 9.59 Å². The standard InChI is InChI=1S/C14H23NO4.C2H2O4/c1-16-9-7-15-8-10-18-11-12-19-14-6-4-3-5-13(14)17-2;3-1(4)2(5)6/h3-6,15H,7-12H2,1-2H3;(H,3,4)(H,5,6). The van der Waals surface area contributed by atoms with Gasteiger partial charge in [-0.05, 0) is 12.1 Å². The summed E-state index contributed by atoms with van der Waals surface area (Å²) in [5.74, 6) is -2.17. The molecule has 0 heterocycles. The lowest BCUT2D eigenvalue weighted by atomic mass is 10.3. The molecule has 0 bridgehead atoms. The summed E-state index contributed by atoms with van der Waals surface area (Å²) in [5.41, 5.74) is 0. The van der Waals surface area contributed by atoms with Gasteiger partial charge in [-0.15, -0.1) is 0 Å². The predicted molar refractivity (Wildman–Crippen MR) is 89.3 cm³/mol. The van der Waals surface area contributed by atoms with Crippen LogP contribution < -0.4 is 14.8 Å². The van der Waals surface area contributed by atoms with Gasteiger partial charge in [-0.3, -0.25) is 0 Å². The minimum Gasteiger partial charge on any atom is -0.493 e. The molecule has 0 radical (unpaired) electrons. The molecule has 0 aliphatic heterocycles. The molecule has 0 unspecified atom stereocenters. The number of carbonyl (C=O) groups is 2. The van der Waals surface area contributed by atoms with Gasteiger partial charge in [-0.2, -0.15) is 0 Å². The molecule has 0 spiro atoms. The smallest absolute Gasteiger partial charge is 0.414 e. The van der Waals surface area contributed by atoms with Crippen LogP contribution in [0.25, 0.3) is 0 Å². The van der Waals surface area contributed by atoms with Crippen LogP contribution in [0.3, 0.4) is 0 Å². The Morgan fingerprint density at radius 3 is 2.08 bits per heavy atom. The van der Waals surface area contributed by atoms with Crippen LogP contribution in [0.1, 0.15) is 0 Å². The van der Waals surface area contributed by atoms with Crippen molar-refractivity contribution in [2.24, 2.45) is 0 Å². The minimum atomic E-state index is -1.82. The minimum absolute atomic E-state index is 0.512. The zero-order valence-corrected chi connectivity index (χ0v) is 14.4. The van der Waals surface area contributed by atoms with Crippen LogP contribution in [-0.4, -0.2) is 75.9 Å². The first-order valence-corrected chi connectivity index (χ1v) is 7.52. The topological polar surface area (TPSA) is 124 Å². The third-order valence-corrected chi connectivity index (χ3v) is 2.64. The van der Waals surface area contributed by atoms with E-state index in [1.165, 1.54) is 0 Å². The average Bonchev–Trinajstić information content (AvgIpc) is 2.61. The number of para-hydroxylation sites is 2. The summed E-state index contributed by atoms with van der Waals surface area (Å²) in [5, 5.41) is 18.0. The van der Waals surface area contributed by atoms with Crippen molar-refractivity contribution in [2.45, 2.75) is 0 Å². The van der Waals surface area contributed by atoms with Crippen LogP contribution in [0, 0.1) is 0 Å². The van der Waals surface area contributed by atoms with Gasteiger partial charge in [0.05, 0.1) is 26.9 Å². The van der Waals surface area contributed by atoms with Gasteiger partial charge in [0.1, 0.15) is 6.61 Å². The maximum atomic E-state index is 9.10. The molecule has 0 amide bonds. The lowest BCUT2D eigenvalue weighted by molar-refractivity contribution is -0.159. The van der Waals surface area contributed by atoms with Crippen LogP contribution in [-0.2, 0) is 19.1 Å². The van der Waals surface area contributed by atoms with E-state index in [0.29, 0.717) is 19.8 Å². The van der Waals surface area contributed by atoms with Gasteiger partial charge in [-0.1, -0.05) is 12.1 Å². The zero-order chi connectivity index (χ0) is 18.9. The molecule has 25 heavy (non-hydrogen) atoms. The molecule has 0 atom stereocenters. The molecule has 9 heteroatoms. The van der Waals surface area contributed by atoms with Gasteiger partial charge in [0.2, 0.25) is 0 Å². The number of methoxy groups -OCH3 is 2. The van der Waals surface area contributed by atoms with Gasteiger partial charge in [0, 0.05) is 20.2 Å². The lowest BCUT2D eigenvalue weighted by Gasteiger charge is -2.10. The summed E-state index contributed by atoms with van der Waals surface area (Å²) >= 11 is 0. The second-order valence-electron chi connectivity index (χ2n) is 4.46. The number of nitrogens with one attached hydrogen (secondary N) is 1. The molecule has 0 aromatic heterocycles. The Kier molecular flexibility index (Phi) is 13.8. The van der Waals surface area contributed by atoms with Crippen molar-refractivity contribution in [1.82, 2.24) is 5.32 Å². The number of hydrogen-bond acceptors (Lipinski definition) is 7. The predicted octanol–water partition coefficient (Wildman–Crippen LogP) is 0.482. The van der Waals surface area contributed by atoms with E-state index in [1.807, 2.05) is 24.3 Å². The molecule has 1 aromatic rings. The van der Waals surface area contributed by atoms with Crippen molar-refractivity contribution in [3.05, 3.63) is 24.3 Å². The second-order valence-corrected chi connectivity index (χ2v) is 4.46. The summed E-state index contributed by atoms with van der Waals surface area (Å²) in [7, 11) is 3.32. The fourth-order valence-electron chi connectivity index (χ4n) is 1.49. The van der Waals surface area contributed by atoms with Gasteiger partial charge in [0.25, 0.3) is 0 Å². The maximum absolute atomic E-state index is 9.10. The summed E-state index contributed by atoms with van der Waals surface area (Å²) in [4.78, 5) is 18.2. The van der Waals surface area contributed by atoms with E-state index in [1.54, 1.807) is 14.2 Å². The van der Waals surface area contributed by atoms with E-state index in [9.17, 15) is 0 Å². The Morgan fingerprint density at radius 1 is 0.920 bits per heavy atom. The van der Waals surface area contributed by atoms with Crippen molar-refractivity contribution in [1.29, 1.82) is 0 Å². The highest BCUT2D eigenvalue weighted by molar-refractivity contribution is 6.27. The Labute approximate surface area is 146 Å². The van der Waals surface area contributed by atoms with Crippen LogP contribution in [0.5, 0.6) is 11.5 Å². The summed E-state index contributed by atoms with van der Waals surface area (Å²) < 4.78 is 21.1. The number of ether oxygens (including phenoxy) is 4. The highest BCUT2D eigenvalue weighted by atomic mass is 16.5. The highest BCUT2D eigenvalue weighted by Gasteiger charge is 2.04. The molecular weight excluding hydrogens is 334 g/mol. The SMILES string of the molecule is COCCNCCOCCOc1ccccc1OC.O=C(O)C(=O)O. The van der Waals surface area contributed by atoms with Crippen LogP contribution in [0.4, 0.5) is 0 Å². The van der Waals surface area contributed by atoms with Crippen molar-refractivity contribution in [2.75, 3.05) is 53.7 Å².